The van der Waals surface area contributed by atoms with E-state index >= 15 is 0 Å². The molecule has 21 nitrogen and oxygen atoms in total. The minimum atomic E-state index is -5.57. The number of phosphoric acid groups is 3. The highest BCUT2D eigenvalue weighted by atomic mass is 31.2. The number of hydrogen-bond donors (Lipinski definition) is 6. The summed E-state index contributed by atoms with van der Waals surface area (Å²) in [5, 5.41) is 26.9. The van der Waals surface area contributed by atoms with Crippen LogP contribution in [-0.2, 0) is 69.4 Å². The van der Waals surface area contributed by atoms with Crippen LogP contribution >= 0.6 is 23.5 Å². The summed E-state index contributed by atoms with van der Waals surface area (Å²) in [5.74, 6) is -5.79. The molecule has 0 spiro atoms. The summed E-state index contributed by atoms with van der Waals surface area (Å²) in [6, 6.07) is 0. The Hall–Kier alpha value is -1.38. The van der Waals surface area contributed by atoms with Crippen LogP contribution in [0.5, 0.6) is 0 Å². The summed E-state index contributed by atoms with van der Waals surface area (Å²) >= 11 is 0. The van der Waals surface area contributed by atoms with Crippen molar-refractivity contribution in [2.45, 2.75) is 78.2 Å². The van der Waals surface area contributed by atoms with E-state index in [1.54, 1.807) is 41.5 Å². The number of rotatable bonds is 24. The molecule has 0 aliphatic heterocycles. The van der Waals surface area contributed by atoms with Crippen molar-refractivity contribution in [2.24, 2.45) is 17.8 Å². The maximum atomic E-state index is 13.0. The average molecular weight is 763 g/mol. The van der Waals surface area contributed by atoms with E-state index in [2.05, 4.69) is 13.6 Å². The Balaban J connectivity index is 4.05. The van der Waals surface area contributed by atoms with E-state index in [1.165, 1.54) is 0 Å². The molecule has 0 saturated heterocycles. The zero-order chi connectivity index (χ0) is 37.0. The van der Waals surface area contributed by atoms with E-state index in [0.29, 0.717) is 0 Å². The van der Waals surface area contributed by atoms with Crippen molar-refractivity contribution >= 4 is 41.4 Å². The fraction of sp³-hybridized carbons (Fsp3) is 0.875. The Labute approximate surface area is 276 Å². The molecule has 0 aromatic rings. The van der Waals surface area contributed by atoms with Gasteiger partial charge in [0.05, 0.1) is 0 Å². The summed E-state index contributed by atoms with van der Waals surface area (Å²) in [5.41, 5.74) is 0. The molecule has 1 saturated carbocycles. The van der Waals surface area contributed by atoms with Gasteiger partial charge in [0.25, 0.3) is 0 Å². The first-order valence-electron chi connectivity index (χ1n) is 14.4. The maximum absolute atomic E-state index is 13.0. The smallest absolute Gasteiger partial charge is 0.473 e. The molecule has 0 aromatic heterocycles. The lowest BCUT2D eigenvalue weighted by Gasteiger charge is -2.49. The first-order valence-corrected chi connectivity index (χ1v) is 18.9. The van der Waals surface area contributed by atoms with Crippen LogP contribution < -0.4 is 0 Å². The van der Waals surface area contributed by atoms with Crippen LogP contribution in [0, 0.1) is 17.8 Å². The van der Waals surface area contributed by atoms with E-state index in [4.69, 9.17) is 43.1 Å². The number of aliphatic carboxylic acids is 3. The summed E-state index contributed by atoms with van der Waals surface area (Å²) in [4.78, 5) is 64.7. The molecule has 0 aromatic carbocycles. The van der Waals surface area contributed by atoms with E-state index in [-0.39, 0.29) is 37.6 Å². The highest BCUT2D eigenvalue weighted by Crippen LogP contribution is 2.55. The van der Waals surface area contributed by atoms with Crippen LogP contribution in [0.2, 0.25) is 0 Å². The molecule has 7 unspecified atom stereocenters. The van der Waals surface area contributed by atoms with Gasteiger partial charge in [-0.15, -0.1) is 0 Å². The molecular weight excluding hydrogens is 717 g/mol. The summed E-state index contributed by atoms with van der Waals surface area (Å²) in [7, 11) is -16.6. The Morgan fingerprint density at radius 2 is 0.688 bits per heavy atom. The molecule has 1 aliphatic carbocycles. The van der Waals surface area contributed by atoms with Crippen molar-refractivity contribution in [2.75, 3.05) is 39.6 Å². The van der Waals surface area contributed by atoms with Gasteiger partial charge in [-0.25, -0.2) is 28.1 Å². The van der Waals surface area contributed by atoms with Gasteiger partial charge in [0.15, 0.2) is 19.8 Å². The van der Waals surface area contributed by atoms with Crippen molar-refractivity contribution in [3.63, 3.8) is 0 Å². The molecule has 0 heterocycles. The predicted octanol–water partition coefficient (Wildman–Crippen LogP) is 1.88. The first kappa shape index (κ1) is 44.6. The van der Waals surface area contributed by atoms with Crippen LogP contribution in [0.4, 0.5) is 0 Å². The lowest BCUT2D eigenvalue weighted by atomic mass is 9.84. The van der Waals surface area contributed by atoms with E-state index in [9.17, 15) is 42.8 Å². The highest BCUT2D eigenvalue weighted by Gasteiger charge is 2.60. The Kier molecular flexibility index (Phi) is 18.5. The summed E-state index contributed by atoms with van der Waals surface area (Å²) in [6.07, 6.45) is -11.6. The monoisotopic (exact) mass is 762 g/mol. The zero-order valence-electron chi connectivity index (χ0n) is 27.1. The minimum Gasteiger partial charge on any atom is -0.480 e. The van der Waals surface area contributed by atoms with Gasteiger partial charge < -0.3 is 44.2 Å². The lowest BCUT2D eigenvalue weighted by Crippen LogP contribution is -2.67. The second kappa shape index (κ2) is 19.9. The normalized spacial score (nSPS) is 27.0. The topological polar surface area (TPSA) is 307 Å². The van der Waals surface area contributed by atoms with Gasteiger partial charge >= 0.3 is 41.4 Å². The Morgan fingerprint density at radius 1 is 0.479 bits per heavy atom. The van der Waals surface area contributed by atoms with Crippen LogP contribution in [0.3, 0.4) is 0 Å². The van der Waals surface area contributed by atoms with Crippen LogP contribution in [0.25, 0.3) is 0 Å². The second-order valence-corrected chi connectivity index (χ2v) is 15.9. The lowest BCUT2D eigenvalue weighted by molar-refractivity contribution is -0.252. The van der Waals surface area contributed by atoms with E-state index in [0.717, 1.165) is 0 Å². The van der Waals surface area contributed by atoms with Gasteiger partial charge in [-0.3, -0.25) is 27.1 Å². The van der Waals surface area contributed by atoms with Gasteiger partial charge in [0, 0.05) is 19.8 Å². The van der Waals surface area contributed by atoms with Gasteiger partial charge in [-0.05, 0) is 17.8 Å². The number of phosphoric ester groups is 3. The largest absolute Gasteiger partial charge is 0.480 e. The molecule has 24 heteroatoms. The molecular formula is C24H45O21P3. The minimum absolute atomic E-state index is 0.0719. The fourth-order valence-electron chi connectivity index (χ4n) is 3.92. The number of ether oxygens (including phenoxy) is 3. The van der Waals surface area contributed by atoms with Gasteiger partial charge in [-0.2, -0.15) is 0 Å². The number of carbonyl (C=O) groups is 3. The number of carboxylic acid groups (broad SMARTS) is 3. The molecule has 48 heavy (non-hydrogen) atoms. The molecule has 6 N–H and O–H groups in total. The first-order chi connectivity index (χ1) is 21.9. The second-order valence-electron chi connectivity index (χ2n) is 11.7. The Morgan fingerprint density at radius 3 is 0.896 bits per heavy atom. The third kappa shape index (κ3) is 17.0. The third-order valence-electron chi connectivity index (χ3n) is 5.63. The molecule has 0 amide bonds. The molecule has 7 atom stereocenters. The van der Waals surface area contributed by atoms with Crippen LogP contribution in [-0.4, -0.2) is 124 Å². The number of carboxylic acids is 3. The van der Waals surface area contributed by atoms with Gasteiger partial charge in [0.1, 0.15) is 36.6 Å². The molecule has 1 rings (SSSR count). The van der Waals surface area contributed by atoms with Crippen molar-refractivity contribution in [3.8, 4) is 0 Å². The Bertz CT molecular complexity index is 1130. The maximum Gasteiger partial charge on any atom is 0.473 e. The fourth-order valence-corrected chi connectivity index (χ4v) is 6.57. The molecule has 0 radical (unpaired) electrons. The van der Waals surface area contributed by atoms with Crippen LogP contribution in [0.15, 0.2) is 0 Å². The quantitative estimate of drug-likeness (QED) is 0.0765. The van der Waals surface area contributed by atoms with E-state index < -0.39 is 97.8 Å². The third-order valence-corrected chi connectivity index (χ3v) is 8.52. The number of hydrogen-bond acceptors (Lipinski definition) is 15. The zero-order valence-corrected chi connectivity index (χ0v) is 29.8. The van der Waals surface area contributed by atoms with Crippen LogP contribution in [0.1, 0.15) is 41.5 Å². The highest BCUT2D eigenvalue weighted by molar-refractivity contribution is 7.48. The predicted molar refractivity (Wildman–Crippen MR) is 159 cm³/mol. The van der Waals surface area contributed by atoms with Crippen molar-refractivity contribution in [3.05, 3.63) is 0 Å². The molecule has 1 aliphatic rings. The molecule has 1 fully saturated rings. The SMILES string of the molecule is CC(C)COC1C(OCC(C)C)C(OP(=O)(O)OCC(=O)O)C(OP(=O)(O)OCC(=O)O)C(OP(=O)(O)OCC(=O)O)C1OCC(C)C. The van der Waals surface area contributed by atoms with Gasteiger partial charge in [-0.1, -0.05) is 41.5 Å². The van der Waals surface area contributed by atoms with Crippen molar-refractivity contribution in [1.82, 2.24) is 0 Å². The molecule has 282 valence electrons. The molecule has 0 bridgehead atoms. The summed E-state index contributed by atoms with van der Waals surface area (Å²) < 4.78 is 86.3. The van der Waals surface area contributed by atoms with Crippen molar-refractivity contribution in [1.29, 1.82) is 0 Å². The summed E-state index contributed by atoms with van der Waals surface area (Å²) in [6.45, 7) is 5.85. The standard InChI is InChI=1S/C24H45O21P3/c1-13(2)7-37-19-20(38-8-14(3)4)22(43-46(31,32)40-10-16(25)26)24(45-48(35,36)42-12-18(29)30)23(21(19)39-9-15(5)6)44-47(33,34)41-11-17(27)28/h13-15,19-24H,7-12H2,1-6H3,(H,25,26)(H,27,28)(H,29,30)(H,31,32)(H,33,34)(H,35,36). The van der Waals surface area contributed by atoms with Gasteiger partial charge in [0.2, 0.25) is 0 Å². The van der Waals surface area contributed by atoms with E-state index in [1.807, 2.05) is 0 Å². The van der Waals surface area contributed by atoms with Crippen molar-refractivity contribution < 1.29 is 99.4 Å². The average Bonchev–Trinajstić information content (AvgIpc) is 2.93.